The van der Waals surface area contributed by atoms with E-state index in [9.17, 15) is 21.6 Å². The minimum absolute atomic E-state index is 0.156. The molecular formula is C10H9F3N4O3S. The van der Waals surface area contributed by atoms with E-state index in [1.807, 2.05) is 4.72 Å². The van der Waals surface area contributed by atoms with E-state index >= 15 is 0 Å². The van der Waals surface area contributed by atoms with E-state index in [0.717, 1.165) is 12.1 Å². The maximum absolute atomic E-state index is 12.8. The van der Waals surface area contributed by atoms with Crippen molar-refractivity contribution in [2.45, 2.75) is 11.1 Å². The van der Waals surface area contributed by atoms with Gasteiger partial charge in [0.05, 0.1) is 17.6 Å². The fourth-order valence-electron chi connectivity index (χ4n) is 1.50. The molecule has 0 saturated carbocycles. The van der Waals surface area contributed by atoms with Gasteiger partial charge in [0.2, 0.25) is 5.95 Å². The monoisotopic (exact) mass is 322 g/mol. The Hall–Kier alpha value is -2.30. The molecular weight excluding hydrogens is 313 g/mol. The van der Waals surface area contributed by atoms with Gasteiger partial charge in [-0.3, -0.25) is 0 Å². The molecule has 1 aromatic heterocycles. The van der Waals surface area contributed by atoms with Crippen LogP contribution >= 0.6 is 0 Å². The molecule has 0 aliphatic heterocycles. The summed E-state index contributed by atoms with van der Waals surface area (Å²) < 4.78 is 69.0. The van der Waals surface area contributed by atoms with Gasteiger partial charge in [-0.05, 0) is 12.1 Å². The molecule has 0 amide bonds. The first-order chi connectivity index (χ1) is 9.74. The van der Waals surface area contributed by atoms with Crippen LogP contribution in [0.2, 0.25) is 0 Å². The zero-order valence-electron chi connectivity index (χ0n) is 10.5. The molecule has 0 saturated heterocycles. The number of H-pyrrole nitrogens is 1. The predicted octanol–water partition coefficient (Wildman–Crippen LogP) is 1.63. The molecule has 0 aliphatic rings. The third kappa shape index (κ3) is 3.24. The molecule has 2 N–H and O–H groups in total. The number of anilines is 1. The van der Waals surface area contributed by atoms with Crippen LogP contribution in [0.3, 0.4) is 0 Å². The number of aromatic amines is 1. The Morgan fingerprint density at radius 1 is 1.29 bits per heavy atom. The summed E-state index contributed by atoms with van der Waals surface area (Å²) in [7, 11) is -3.23. The third-order valence-corrected chi connectivity index (χ3v) is 3.76. The lowest BCUT2D eigenvalue weighted by Gasteiger charge is -2.12. The van der Waals surface area contributed by atoms with Crippen LogP contribution in [0.1, 0.15) is 5.56 Å². The summed E-state index contributed by atoms with van der Waals surface area (Å²) in [5.41, 5.74) is -1.27. The summed E-state index contributed by atoms with van der Waals surface area (Å²) >= 11 is 0. The molecule has 2 aromatic rings. The Kier molecular flexibility index (Phi) is 3.77. The number of nitrogens with one attached hydrogen (secondary N) is 2. The summed E-state index contributed by atoms with van der Waals surface area (Å²) in [5, 5.41) is 5.66. The van der Waals surface area contributed by atoms with Crippen LogP contribution in [0, 0.1) is 0 Å². The van der Waals surface area contributed by atoms with Crippen molar-refractivity contribution in [3.63, 3.8) is 0 Å². The second-order valence-corrected chi connectivity index (χ2v) is 5.42. The van der Waals surface area contributed by atoms with Crippen LogP contribution in [0.25, 0.3) is 0 Å². The summed E-state index contributed by atoms with van der Waals surface area (Å²) in [6.45, 7) is 0. The van der Waals surface area contributed by atoms with E-state index in [1.165, 1.54) is 13.2 Å². The Balaban J connectivity index is 2.40. The van der Waals surface area contributed by atoms with E-state index in [-0.39, 0.29) is 12.0 Å². The molecule has 1 heterocycles. The number of methoxy groups -OCH3 is 1. The van der Waals surface area contributed by atoms with Gasteiger partial charge in [-0.15, -0.1) is 5.10 Å². The quantitative estimate of drug-likeness (QED) is 0.892. The van der Waals surface area contributed by atoms with Crippen LogP contribution in [-0.2, 0) is 16.2 Å². The van der Waals surface area contributed by atoms with Crippen molar-refractivity contribution < 1.29 is 26.3 Å². The number of rotatable bonds is 4. The highest BCUT2D eigenvalue weighted by atomic mass is 32.2. The largest absolute Gasteiger partial charge is 0.466 e. The number of ether oxygens (including phenoxy) is 1. The van der Waals surface area contributed by atoms with Gasteiger partial charge in [0.25, 0.3) is 10.0 Å². The molecule has 21 heavy (non-hydrogen) atoms. The summed E-state index contributed by atoms with van der Waals surface area (Å²) in [6, 6.07) is 3.65. The molecule has 1 aromatic carbocycles. The second-order valence-electron chi connectivity index (χ2n) is 3.77. The van der Waals surface area contributed by atoms with E-state index in [1.54, 1.807) is 0 Å². The summed E-state index contributed by atoms with van der Waals surface area (Å²) in [5.74, 6) is -0.358. The van der Waals surface area contributed by atoms with Crippen molar-refractivity contribution in [3.05, 3.63) is 29.8 Å². The first kappa shape index (κ1) is 15.1. The van der Waals surface area contributed by atoms with Gasteiger partial charge in [-0.2, -0.15) is 18.2 Å². The molecule has 0 spiro atoms. The molecule has 0 fully saturated rings. The zero-order chi connectivity index (χ0) is 15.7. The Morgan fingerprint density at radius 3 is 2.52 bits per heavy atom. The molecule has 114 valence electrons. The maximum atomic E-state index is 12.8. The van der Waals surface area contributed by atoms with Crippen LogP contribution in [0.4, 0.5) is 19.1 Å². The maximum Gasteiger partial charge on any atom is 0.417 e. The average molecular weight is 322 g/mol. The first-order valence-electron chi connectivity index (χ1n) is 5.39. The molecule has 0 atom stereocenters. The number of hydrogen-bond acceptors (Lipinski definition) is 5. The second kappa shape index (κ2) is 5.24. The SMILES string of the molecule is COc1n[nH]c(NS(=O)(=O)c2ccccc2C(F)(F)F)n1. The van der Waals surface area contributed by atoms with Crippen LogP contribution in [0.15, 0.2) is 29.2 Å². The lowest BCUT2D eigenvalue weighted by atomic mass is 10.2. The van der Waals surface area contributed by atoms with Gasteiger partial charge < -0.3 is 4.74 Å². The van der Waals surface area contributed by atoms with Crippen molar-refractivity contribution in [2.75, 3.05) is 11.8 Å². The van der Waals surface area contributed by atoms with Crippen LogP contribution in [0.5, 0.6) is 6.01 Å². The van der Waals surface area contributed by atoms with Crippen molar-refractivity contribution in [1.82, 2.24) is 15.2 Å². The fourth-order valence-corrected chi connectivity index (χ4v) is 2.69. The molecule has 0 unspecified atom stereocenters. The number of sulfonamides is 1. The number of halogens is 3. The van der Waals surface area contributed by atoms with E-state index in [2.05, 4.69) is 19.9 Å². The van der Waals surface area contributed by atoms with Crippen LogP contribution < -0.4 is 9.46 Å². The van der Waals surface area contributed by atoms with Gasteiger partial charge in [0.15, 0.2) is 0 Å². The fraction of sp³-hybridized carbons (Fsp3) is 0.200. The predicted molar refractivity (Wildman–Crippen MR) is 65.2 cm³/mol. The van der Waals surface area contributed by atoms with Gasteiger partial charge >= 0.3 is 12.2 Å². The molecule has 0 bridgehead atoms. The molecule has 2 rings (SSSR count). The number of benzene rings is 1. The van der Waals surface area contributed by atoms with Gasteiger partial charge in [0.1, 0.15) is 0 Å². The third-order valence-electron chi connectivity index (χ3n) is 2.36. The molecule has 11 heteroatoms. The number of hydrogen-bond donors (Lipinski definition) is 2. The van der Waals surface area contributed by atoms with Crippen molar-refractivity contribution in [3.8, 4) is 6.01 Å². The molecule has 0 aliphatic carbocycles. The minimum Gasteiger partial charge on any atom is -0.466 e. The molecule has 0 radical (unpaired) electrons. The minimum atomic E-state index is -4.80. The lowest BCUT2D eigenvalue weighted by molar-refractivity contribution is -0.139. The lowest BCUT2D eigenvalue weighted by Crippen LogP contribution is -2.19. The van der Waals surface area contributed by atoms with Gasteiger partial charge in [0, 0.05) is 0 Å². The number of aromatic nitrogens is 3. The average Bonchev–Trinajstić information content (AvgIpc) is 2.85. The topological polar surface area (TPSA) is 97.0 Å². The Labute approximate surface area is 117 Å². The smallest absolute Gasteiger partial charge is 0.417 e. The highest BCUT2D eigenvalue weighted by Crippen LogP contribution is 2.34. The highest BCUT2D eigenvalue weighted by molar-refractivity contribution is 7.92. The van der Waals surface area contributed by atoms with E-state index in [0.29, 0.717) is 6.07 Å². The number of alkyl halides is 3. The summed E-state index contributed by atoms with van der Waals surface area (Å²) in [6.07, 6.45) is -4.80. The standard InChI is InChI=1S/C10H9F3N4O3S/c1-20-9-14-8(15-16-9)17-21(18,19)7-5-3-2-4-6(7)10(11,12)13/h2-5H,1H3,(H2,14,15,16,17). The summed E-state index contributed by atoms with van der Waals surface area (Å²) in [4.78, 5) is 2.66. The van der Waals surface area contributed by atoms with Crippen molar-refractivity contribution in [2.24, 2.45) is 0 Å². The Bertz CT molecular complexity index is 742. The number of nitrogens with zero attached hydrogens (tertiary/aromatic N) is 2. The van der Waals surface area contributed by atoms with Gasteiger partial charge in [-0.25, -0.2) is 18.2 Å². The first-order valence-corrected chi connectivity index (χ1v) is 6.88. The van der Waals surface area contributed by atoms with E-state index < -0.39 is 26.7 Å². The zero-order valence-corrected chi connectivity index (χ0v) is 11.3. The normalized spacial score (nSPS) is 12.2. The van der Waals surface area contributed by atoms with Gasteiger partial charge in [-0.1, -0.05) is 12.1 Å². The van der Waals surface area contributed by atoms with E-state index in [4.69, 9.17) is 0 Å². The highest BCUT2D eigenvalue weighted by Gasteiger charge is 2.37. The van der Waals surface area contributed by atoms with Crippen molar-refractivity contribution in [1.29, 1.82) is 0 Å². The van der Waals surface area contributed by atoms with Crippen molar-refractivity contribution >= 4 is 16.0 Å². The molecule has 7 nitrogen and oxygen atoms in total. The van der Waals surface area contributed by atoms with Crippen LogP contribution in [-0.4, -0.2) is 30.7 Å². The Morgan fingerprint density at radius 2 is 1.95 bits per heavy atom.